The predicted octanol–water partition coefficient (Wildman–Crippen LogP) is 5.31. The van der Waals surface area contributed by atoms with Gasteiger partial charge in [0.05, 0.1) is 17.2 Å². The van der Waals surface area contributed by atoms with Crippen LogP contribution >= 0.6 is 11.3 Å². The van der Waals surface area contributed by atoms with E-state index in [1.165, 1.54) is 12.1 Å². The van der Waals surface area contributed by atoms with E-state index in [9.17, 15) is 28.1 Å². The molecule has 168 valence electrons. The van der Waals surface area contributed by atoms with E-state index < -0.39 is 22.6 Å². The summed E-state index contributed by atoms with van der Waals surface area (Å²) in [6.07, 6.45) is -2.62. The number of aromatic nitrogens is 1. The Balaban J connectivity index is 1.87. The van der Waals surface area contributed by atoms with Gasteiger partial charge in [-0.15, -0.1) is 11.3 Å². The molecule has 7 nitrogen and oxygen atoms in total. The number of nitrogens with two attached hydrogens (primary N) is 1. The minimum absolute atomic E-state index is 0.0108. The Morgan fingerprint density at radius 2 is 1.97 bits per heavy atom. The number of thiophene rings is 1. The topological polar surface area (TPSA) is 108 Å². The van der Waals surface area contributed by atoms with Crippen LogP contribution in [0.4, 0.5) is 24.5 Å². The molecule has 2 heterocycles. The molecule has 32 heavy (non-hydrogen) atoms. The van der Waals surface area contributed by atoms with Gasteiger partial charge in [0.15, 0.2) is 5.75 Å². The molecule has 11 heteroatoms. The second-order valence-electron chi connectivity index (χ2n) is 7.35. The molecule has 0 unspecified atom stereocenters. The predicted molar refractivity (Wildman–Crippen MR) is 113 cm³/mol. The van der Waals surface area contributed by atoms with Crippen LogP contribution in [0.1, 0.15) is 51.8 Å². The fraction of sp³-hybridized carbons (Fsp3) is 0.333. The van der Waals surface area contributed by atoms with E-state index in [1.807, 2.05) is 0 Å². The van der Waals surface area contributed by atoms with E-state index in [-0.39, 0.29) is 51.0 Å². The second-order valence-corrected chi connectivity index (χ2v) is 8.35. The maximum Gasteiger partial charge on any atom is 0.433 e. The molecule has 0 amide bonds. The van der Waals surface area contributed by atoms with Gasteiger partial charge in [-0.25, -0.2) is 4.98 Å². The first-order valence-electron chi connectivity index (χ1n) is 9.90. The number of fused-ring (bicyclic) bond motifs is 3. The molecule has 1 aliphatic carbocycles. The Hall–Kier alpha value is -3.21. The molecule has 2 N–H and O–H groups in total. The summed E-state index contributed by atoms with van der Waals surface area (Å²) in [4.78, 5) is 27.8. The van der Waals surface area contributed by atoms with E-state index in [4.69, 9.17) is 10.5 Å². The summed E-state index contributed by atoms with van der Waals surface area (Å²) < 4.78 is 46.1. The molecule has 0 spiro atoms. The number of hydrogen-bond acceptors (Lipinski definition) is 7. The number of carbonyl (C=O) groups is 1. The molecule has 2 aromatic heterocycles. The molecule has 0 aliphatic heterocycles. The molecule has 0 bridgehead atoms. The molecule has 3 aromatic rings. The van der Waals surface area contributed by atoms with Gasteiger partial charge in [0, 0.05) is 17.0 Å². The first-order chi connectivity index (χ1) is 15.1. The van der Waals surface area contributed by atoms with Gasteiger partial charge >= 0.3 is 11.9 Å². The first kappa shape index (κ1) is 22.0. The van der Waals surface area contributed by atoms with Crippen LogP contribution in [0.2, 0.25) is 0 Å². The number of carbonyl (C=O) groups excluding carboxylic acids is 1. The number of halogens is 3. The Morgan fingerprint density at radius 3 is 2.59 bits per heavy atom. The van der Waals surface area contributed by atoms with Gasteiger partial charge in [-0.05, 0) is 55.9 Å². The van der Waals surface area contributed by atoms with Crippen LogP contribution in [0.5, 0.6) is 5.75 Å². The number of hydrogen-bond donors (Lipinski definition) is 1. The third kappa shape index (κ3) is 3.66. The van der Waals surface area contributed by atoms with Crippen molar-refractivity contribution in [1.29, 1.82) is 0 Å². The van der Waals surface area contributed by atoms with Gasteiger partial charge in [-0.1, -0.05) is 0 Å². The summed E-state index contributed by atoms with van der Waals surface area (Å²) in [5.41, 5.74) is 5.60. The van der Waals surface area contributed by atoms with E-state index in [0.29, 0.717) is 30.2 Å². The average Bonchev–Trinajstić information content (AvgIpc) is 3.09. The van der Waals surface area contributed by atoms with Gasteiger partial charge in [0.2, 0.25) is 5.78 Å². The highest BCUT2D eigenvalue weighted by molar-refractivity contribution is 7.21. The minimum Gasteiger partial charge on any atom is -0.487 e. The van der Waals surface area contributed by atoms with Gasteiger partial charge < -0.3 is 10.5 Å². The van der Waals surface area contributed by atoms with E-state index in [1.54, 1.807) is 6.92 Å². The lowest BCUT2D eigenvalue weighted by Gasteiger charge is -2.21. The maximum absolute atomic E-state index is 13.6. The second kappa shape index (κ2) is 8.05. The van der Waals surface area contributed by atoms with Crippen molar-refractivity contribution in [2.75, 3.05) is 12.3 Å². The number of nitro groups is 1. The van der Waals surface area contributed by atoms with E-state index in [0.717, 1.165) is 17.4 Å². The molecular weight excluding hydrogens is 447 g/mol. The summed E-state index contributed by atoms with van der Waals surface area (Å²) >= 11 is 0.772. The maximum atomic E-state index is 13.6. The van der Waals surface area contributed by atoms with Crippen LogP contribution in [0, 0.1) is 10.1 Å². The number of benzene rings is 1. The average molecular weight is 465 g/mol. The van der Waals surface area contributed by atoms with Crippen LogP contribution in [-0.2, 0) is 19.0 Å². The lowest BCUT2D eigenvalue weighted by atomic mass is 9.88. The van der Waals surface area contributed by atoms with Gasteiger partial charge in [-0.3, -0.25) is 14.9 Å². The monoisotopic (exact) mass is 465 g/mol. The summed E-state index contributed by atoms with van der Waals surface area (Å²) in [6, 6.07) is 3.77. The van der Waals surface area contributed by atoms with Crippen molar-refractivity contribution in [3.8, 4) is 5.75 Å². The summed E-state index contributed by atoms with van der Waals surface area (Å²) in [5.74, 6) is -0.598. The Kier molecular flexibility index (Phi) is 5.53. The van der Waals surface area contributed by atoms with Crippen molar-refractivity contribution < 1.29 is 27.6 Å². The Labute approximate surface area is 184 Å². The molecule has 0 saturated carbocycles. The van der Waals surface area contributed by atoms with Gasteiger partial charge in [0.25, 0.3) is 0 Å². The number of aryl methyl sites for hydroxylation is 1. The van der Waals surface area contributed by atoms with Crippen molar-refractivity contribution >= 4 is 38.7 Å². The number of nitrogens with zero attached hydrogens (tertiary/aromatic N) is 2. The highest BCUT2D eigenvalue weighted by Gasteiger charge is 2.38. The zero-order chi connectivity index (χ0) is 23.2. The largest absolute Gasteiger partial charge is 0.487 e. The highest BCUT2D eigenvalue weighted by atomic mass is 32.1. The third-order valence-electron chi connectivity index (χ3n) is 5.39. The van der Waals surface area contributed by atoms with Crippen molar-refractivity contribution in [2.24, 2.45) is 0 Å². The lowest BCUT2D eigenvalue weighted by molar-refractivity contribution is -0.385. The number of nitro benzene ring substituents is 1. The van der Waals surface area contributed by atoms with Gasteiger partial charge in [0.1, 0.15) is 15.4 Å². The van der Waals surface area contributed by atoms with Crippen LogP contribution in [-0.4, -0.2) is 22.3 Å². The fourth-order valence-electron chi connectivity index (χ4n) is 4.03. The quantitative estimate of drug-likeness (QED) is 0.311. The number of anilines is 1. The number of alkyl halides is 3. The van der Waals surface area contributed by atoms with E-state index in [2.05, 4.69) is 4.98 Å². The minimum atomic E-state index is -4.62. The molecule has 0 radical (unpaired) electrons. The first-order valence-corrected chi connectivity index (χ1v) is 10.7. The normalized spacial score (nSPS) is 13.8. The lowest BCUT2D eigenvalue weighted by Crippen LogP contribution is -2.17. The number of ether oxygens (including phenoxy) is 1. The zero-order valence-corrected chi connectivity index (χ0v) is 17.7. The molecule has 0 saturated heterocycles. The molecule has 4 rings (SSSR count). The number of nitrogen functional groups attached to an aromatic ring is 1. The number of pyridine rings is 1. The SMILES string of the molecule is CCOc1ccc(C(=O)c2sc3nc(C(F)(F)F)c4c(c3c2N)CCCC4)cc1[N+](=O)[O-]. The van der Waals surface area contributed by atoms with Crippen molar-refractivity contribution in [2.45, 2.75) is 38.8 Å². The summed E-state index contributed by atoms with van der Waals surface area (Å²) in [5, 5.41) is 11.8. The molecular formula is C21H18F3N3O4S. The van der Waals surface area contributed by atoms with Crippen LogP contribution in [0.25, 0.3) is 10.2 Å². The Morgan fingerprint density at radius 1 is 1.28 bits per heavy atom. The van der Waals surface area contributed by atoms with Crippen LogP contribution < -0.4 is 10.5 Å². The van der Waals surface area contributed by atoms with Crippen LogP contribution in [0.3, 0.4) is 0 Å². The Bertz CT molecular complexity index is 1250. The molecule has 1 aromatic carbocycles. The van der Waals surface area contributed by atoms with Crippen LogP contribution in [0.15, 0.2) is 18.2 Å². The van der Waals surface area contributed by atoms with Crippen molar-refractivity contribution in [1.82, 2.24) is 4.98 Å². The third-order valence-corrected chi connectivity index (χ3v) is 6.49. The number of ketones is 1. The molecule has 0 atom stereocenters. The molecule has 0 fully saturated rings. The zero-order valence-electron chi connectivity index (χ0n) is 16.9. The summed E-state index contributed by atoms with van der Waals surface area (Å²) in [6.45, 7) is 1.87. The van der Waals surface area contributed by atoms with Crippen molar-refractivity contribution in [3.05, 3.63) is 55.6 Å². The number of rotatable bonds is 5. The van der Waals surface area contributed by atoms with E-state index >= 15 is 0 Å². The smallest absolute Gasteiger partial charge is 0.433 e. The summed E-state index contributed by atoms with van der Waals surface area (Å²) in [7, 11) is 0. The van der Waals surface area contributed by atoms with Gasteiger partial charge in [-0.2, -0.15) is 13.2 Å². The fourth-order valence-corrected chi connectivity index (χ4v) is 5.11. The highest BCUT2D eigenvalue weighted by Crippen LogP contribution is 2.44. The van der Waals surface area contributed by atoms with Crippen molar-refractivity contribution in [3.63, 3.8) is 0 Å². The standard InChI is InChI=1S/C21H18F3N3O4S/c1-2-31-14-8-7-10(9-13(14)27(29)30)17(28)18-16(25)15-11-5-3-4-6-12(11)19(21(22,23)24)26-20(15)32-18/h7-9H,2-6,25H2,1H3. The molecule has 1 aliphatic rings.